The maximum absolute atomic E-state index is 13.5. The Labute approximate surface area is 267 Å². The van der Waals surface area contributed by atoms with Crippen LogP contribution in [0.3, 0.4) is 0 Å². The summed E-state index contributed by atoms with van der Waals surface area (Å²) in [6.07, 6.45) is 5.09. The lowest BCUT2D eigenvalue weighted by molar-refractivity contribution is -0.152. The molecule has 45 heavy (non-hydrogen) atoms. The Balaban J connectivity index is 2.43. The third-order valence-corrected chi connectivity index (χ3v) is 8.80. The molecule has 0 amide bonds. The number of carbonyl (C=O) groups is 1. The molecule has 0 aliphatic carbocycles. The Kier molecular flexibility index (Phi) is 15.6. The van der Waals surface area contributed by atoms with Gasteiger partial charge in [0.2, 0.25) is 0 Å². The predicted octanol–water partition coefficient (Wildman–Crippen LogP) is 6.10. The zero-order valence-corrected chi connectivity index (χ0v) is 28.9. The summed E-state index contributed by atoms with van der Waals surface area (Å²) in [5.74, 6) is -0.915. The lowest BCUT2D eigenvalue weighted by Crippen LogP contribution is -2.34. The lowest BCUT2D eigenvalue weighted by atomic mass is 10.00. The fourth-order valence-electron chi connectivity index (χ4n) is 4.42. The molecule has 13 heteroatoms. The summed E-state index contributed by atoms with van der Waals surface area (Å²) in [6.45, 7) is 14.5. The van der Waals surface area contributed by atoms with E-state index in [0.29, 0.717) is 24.2 Å². The number of methoxy groups -OCH3 is 1. The fraction of sp³-hybridized carbons (Fsp3) is 0.656. The third-order valence-electron chi connectivity index (χ3n) is 7.10. The Morgan fingerprint density at radius 2 is 1.84 bits per heavy atom. The minimum absolute atomic E-state index is 0.0756. The molecule has 2 N–H and O–H groups in total. The van der Waals surface area contributed by atoms with Crippen molar-refractivity contribution < 1.29 is 43.4 Å². The molecule has 2 rings (SSSR count). The van der Waals surface area contributed by atoms with Crippen molar-refractivity contribution in [3.63, 3.8) is 0 Å². The van der Waals surface area contributed by atoms with Crippen LogP contribution in [-0.4, -0.2) is 88.1 Å². The molecular weight excluding hydrogens is 598 g/mol. The Bertz CT molecular complexity index is 1190. The van der Waals surface area contributed by atoms with E-state index >= 15 is 0 Å². The SMILES string of the molecule is COCOc1ccc(OCCCN=[N+]=[N-])c(/C=C/C[C@@H]2OC(C)(C)O[C@@H]2C(O)/C=C\[C@@H](C)[C@H](C)O)c1C(=O)OCC[Si](C)(C)C. The number of benzene rings is 1. The van der Waals surface area contributed by atoms with E-state index in [1.54, 1.807) is 51.1 Å². The van der Waals surface area contributed by atoms with Gasteiger partial charge in [-0.15, -0.1) is 0 Å². The molecule has 1 aliphatic rings. The minimum atomic E-state index is -1.46. The van der Waals surface area contributed by atoms with E-state index in [4.69, 9.17) is 34.0 Å². The molecule has 0 saturated carbocycles. The molecule has 1 unspecified atom stereocenters. The number of esters is 1. The van der Waals surface area contributed by atoms with Crippen LogP contribution in [-0.2, 0) is 18.9 Å². The van der Waals surface area contributed by atoms with Gasteiger partial charge in [-0.1, -0.05) is 56.0 Å². The number of hydrogen-bond acceptors (Lipinski definition) is 10. The third kappa shape index (κ3) is 13.2. The first-order chi connectivity index (χ1) is 21.2. The van der Waals surface area contributed by atoms with Crippen LogP contribution in [0.4, 0.5) is 0 Å². The van der Waals surface area contributed by atoms with Crippen LogP contribution in [0.5, 0.6) is 11.5 Å². The van der Waals surface area contributed by atoms with Crippen molar-refractivity contribution in [2.75, 3.05) is 33.7 Å². The van der Waals surface area contributed by atoms with Crippen LogP contribution in [0.1, 0.15) is 56.5 Å². The molecule has 1 saturated heterocycles. The summed E-state index contributed by atoms with van der Waals surface area (Å²) in [7, 11) is 0.0304. The molecule has 0 radical (unpaired) electrons. The molecule has 252 valence electrons. The largest absolute Gasteiger partial charge is 0.493 e. The van der Waals surface area contributed by atoms with E-state index in [9.17, 15) is 15.0 Å². The first-order valence-electron chi connectivity index (χ1n) is 15.3. The highest BCUT2D eigenvalue weighted by molar-refractivity contribution is 6.76. The van der Waals surface area contributed by atoms with E-state index < -0.39 is 44.2 Å². The zero-order valence-electron chi connectivity index (χ0n) is 27.9. The van der Waals surface area contributed by atoms with Crippen molar-refractivity contribution in [2.45, 2.75) is 96.4 Å². The molecule has 1 aromatic rings. The van der Waals surface area contributed by atoms with Gasteiger partial charge in [-0.3, -0.25) is 0 Å². The van der Waals surface area contributed by atoms with Gasteiger partial charge in [-0.05, 0) is 63.2 Å². The average Bonchev–Trinajstić information content (AvgIpc) is 3.28. The maximum Gasteiger partial charge on any atom is 0.342 e. The number of ether oxygens (including phenoxy) is 6. The first-order valence-corrected chi connectivity index (χ1v) is 19.1. The van der Waals surface area contributed by atoms with E-state index in [0.717, 1.165) is 6.04 Å². The number of hydrogen-bond donors (Lipinski definition) is 2. The quantitative estimate of drug-likeness (QED) is 0.0264. The molecule has 1 aromatic carbocycles. The van der Waals surface area contributed by atoms with Gasteiger partial charge in [0.1, 0.15) is 29.3 Å². The van der Waals surface area contributed by atoms with Crippen LogP contribution < -0.4 is 9.47 Å². The van der Waals surface area contributed by atoms with E-state index in [2.05, 4.69) is 29.7 Å². The minimum Gasteiger partial charge on any atom is -0.493 e. The van der Waals surface area contributed by atoms with Crippen molar-refractivity contribution in [1.29, 1.82) is 0 Å². The summed E-state index contributed by atoms with van der Waals surface area (Å²) in [6, 6.07) is 4.14. The number of carbonyl (C=O) groups excluding carboxylic acids is 1. The van der Waals surface area contributed by atoms with Gasteiger partial charge < -0.3 is 38.6 Å². The van der Waals surface area contributed by atoms with E-state index in [-0.39, 0.29) is 43.8 Å². The summed E-state index contributed by atoms with van der Waals surface area (Å²) >= 11 is 0. The fourth-order valence-corrected chi connectivity index (χ4v) is 5.14. The van der Waals surface area contributed by atoms with Crippen LogP contribution >= 0.6 is 0 Å². The molecule has 0 bridgehead atoms. The highest BCUT2D eigenvalue weighted by Gasteiger charge is 2.43. The van der Waals surface area contributed by atoms with Crippen molar-refractivity contribution in [1.82, 2.24) is 0 Å². The van der Waals surface area contributed by atoms with Crippen molar-refractivity contribution >= 4 is 20.1 Å². The second kappa shape index (κ2) is 18.3. The zero-order chi connectivity index (χ0) is 33.6. The summed E-state index contributed by atoms with van der Waals surface area (Å²) in [4.78, 5) is 16.3. The molecular formula is C32H51N3O9Si. The van der Waals surface area contributed by atoms with E-state index in [1.165, 1.54) is 7.11 Å². The van der Waals surface area contributed by atoms with Gasteiger partial charge in [-0.2, -0.15) is 0 Å². The van der Waals surface area contributed by atoms with Crippen LogP contribution in [0, 0.1) is 5.92 Å². The van der Waals surface area contributed by atoms with Crippen LogP contribution in [0.2, 0.25) is 25.7 Å². The molecule has 12 nitrogen and oxygen atoms in total. The normalized spacial score (nSPS) is 20.1. The van der Waals surface area contributed by atoms with Crippen molar-refractivity contribution in [2.24, 2.45) is 11.0 Å². The lowest BCUT2D eigenvalue weighted by Gasteiger charge is -2.20. The average molecular weight is 650 g/mol. The number of azide groups is 1. The Hall–Kier alpha value is -2.90. The molecule has 1 fully saturated rings. The summed E-state index contributed by atoms with van der Waals surface area (Å²) < 4.78 is 34.8. The molecule has 0 aromatic heterocycles. The van der Waals surface area contributed by atoms with Crippen LogP contribution in [0.15, 0.2) is 35.5 Å². The standard InChI is InChI=1S/C32H51N3O9Si/c1-22(23(2)36)13-14-25(37)30-28(43-32(3,4)44-30)12-9-11-24-26(40-18-10-17-34-35-33)15-16-27(42-21-39-5)29(24)31(38)41-19-20-45(6,7)8/h9,11,13-16,22-23,25,28,30,36-37H,10,12,17-21H2,1-8H3/b11-9+,14-13-/t22-,23+,25?,28+,30-/m1/s1. The van der Waals surface area contributed by atoms with Gasteiger partial charge in [0.05, 0.1) is 25.4 Å². The predicted molar refractivity (Wildman–Crippen MR) is 175 cm³/mol. The van der Waals surface area contributed by atoms with E-state index in [1.807, 2.05) is 13.0 Å². The van der Waals surface area contributed by atoms with Gasteiger partial charge in [0, 0.05) is 32.2 Å². The number of rotatable bonds is 19. The highest BCUT2D eigenvalue weighted by Crippen LogP contribution is 2.35. The Morgan fingerprint density at radius 3 is 2.49 bits per heavy atom. The first kappa shape index (κ1) is 38.3. The van der Waals surface area contributed by atoms with Crippen LogP contribution in [0.25, 0.3) is 16.5 Å². The topological polar surface area (TPSA) is 162 Å². The smallest absolute Gasteiger partial charge is 0.342 e. The van der Waals surface area contributed by atoms with Gasteiger partial charge in [0.25, 0.3) is 0 Å². The molecule has 1 aliphatic heterocycles. The molecule has 1 heterocycles. The van der Waals surface area contributed by atoms with Gasteiger partial charge in [0.15, 0.2) is 12.6 Å². The highest BCUT2D eigenvalue weighted by atomic mass is 28.3. The summed E-state index contributed by atoms with van der Waals surface area (Å²) in [5, 5.41) is 24.3. The number of nitrogens with zero attached hydrogens (tertiary/aromatic N) is 3. The second-order valence-electron chi connectivity index (χ2n) is 12.8. The number of aliphatic hydroxyl groups is 2. The number of aliphatic hydroxyl groups excluding tert-OH is 2. The maximum atomic E-state index is 13.5. The molecule has 5 atom stereocenters. The second-order valence-corrected chi connectivity index (χ2v) is 18.4. The monoisotopic (exact) mass is 649 g/mol. The van der Waals surface area contributed by atoms with Gasteiger partial charge >= 0.3 is 5.97 Å². The summed E-state index contributed by atoms with van der Waals surface area (Å²) in [5.41, 5.74) is 9.23. The van der Waals surface area contributed by atoms with Crippen molar-refractivity contribution in [3.05, 3.63) is 51.9 Å². The Morgan fingerprint density at radius 1 is 1.13 bits per heavy atom. The van der Waals surface area contributed by atoms with Crippen molar-refractivity contribution in [3.8, 4) is 11.5 Å². The molecule has 0 spiro atoms. The van der Waals surface area contributed by atoms with Gasteiger partial charge in [-0.25, -0.2) is 4.79 Å².